The number of carbonyl (C=O) groups is 2. The number of likely N-dealkylation sites (tertiary alicyclic amines) is 1. The summed E-state index contributed by atoms with van der Waals surface area (Å²) in [6, 6.07) is 18.0. The van der Waals surface area contributed by atoms with Gasteiger partial charge in [0.15, 0.2) is 0 Å². The summed E-state index contributed by atoms with van der Waals surface area (Å²) in [7, 11) is -3.13. The molecule has 5 nitrogen and oxygen atoms in total. The topological polar surface area (TPSA) is 78.3 Å². The fourth-order valence-corrected chi connectivity index (χ4v) is 8.30. The summed E-state index contributed by atoms with van der Waals surface area (Å²) >= 11 is 12.7. The normalized spacial score (nSPS) is 22.4. The van der Waals surface area contributed by atoms with Crippen molar-refractivity contribution in [3.05, 3.63) is 105 Å². The second-order valence-corrected chi connectivity index (χ2v) is 17.1. The fraction of sp³-hybridized carbons (Fsp3) is 0.444. The smallest absolute Gasteiger partial charge is 0.330 e. The summed E-state index contributed by atoms with van der Waals surface area (Å²) < 4.78 is 62.5. The molecule has 0 radical (unpaired) electrons. The third-order valence-corrected chi connectivity index (χ3v) is 12.0. The van der Waals surface area contributed by atoms with E-state index in [1.165, 1.54) is 12.1 Å². The molecule has 1 N–H and O–H groups in total. The van der Waals surface area contributed by atoms with E-state index >= 15 is 0 Å². The first-order chi connectivity index (χ1) is 21.8. The Morgan fingerprint density at radius 2 is 1.62 bits per heavy atom. The molecule has 5 atom stereocenters. The Balaban J connectivity index is 1.85. The second-order valence-electron chi connectivity index (χ2n) is 13.5. The quantitative estimate of drug-likeness (QED) is 0.215. The van der Waals surface area contributed by atoms with Crippen molar-refractivity contribution in [3.8, 4) is 0 Å². The van der Waals surface area contributed by atoms with Crippen LogP contribution in [0, 0.1) is 16.1 Å². The number of hydrogen-bond acceptors (Lipinski definition) is 4. The van der Waals surface area contributed by atoms with Gasteiger partial charge in [-0.3, -0.25) is 14.4 Å². The largest absolute Gasteiger partial charge is 0.416 e. The van der Waals surface area contributed by atoms with Crippen LogP contribution in [0.15, 0.2) is 72.8 Å². The summed E-state index contributed by atoms with van der Waals surface area (Å²) in [6.45, 7) is 9.02. The maximum Gasteiger partial charge on any atom is 0.416 e. The van der Waals surface area contributed by atoms with E-state index < -0.39 is 44.2 Å². The molecule has 0 aliphatic carbocycles. The molecule has 1 aliphatic rings. The van der Waals surface area contributed by atoms with E-state index in [0.717, 1.165) is 23.3 Å². The molecule has 1 fully saturated rings. The number of hydrogen-bond donors (Lipinski definition) is 1. The van der Waals surface area contributed by atoms with Gasteiger partial charge in [-0.1, -0.05) is 100 Å². The van der Waals surface area contributed by atoms with Gasteiger partial charge in [-0.25, -0.2) is 4.21 Å². The number of Topliss-reactive ketones (excluding diaryl/α,β-unsaturated/α-hetero) is 1. The number of carbonyl (C=O) groups excluding carboxylic acids is 2. The summed E-state index contributed by atoms with van der Waals surface area (Å²) in [5.74, 6) is -1.34. The minimum absolute atomic E-state index is 0.0608. The highest BCUT2D eigenvalue weighted by Gasteiger charge is 2.53. The van der Waals surface area contributed by atoms with Gasteiger partial charge >= 0.3 is 6.18 Å². The highest BCUT2D eigenvalue weighted by molar-refractivity contribution is 7.93. The molecule has 1 aliphatic heterocycles. The molecule has 1 saturated heterocycles. The minimum atomic E-state index is -4.55. The number of nitrogens with one attached hydrogen (secondary N) is 1. The molecule has 0 spiro atoms. The summed E-state index contributed by atoms with van der Waals surface area (Å²) in [6.07, 6.45) is -4.79. The maximum atomic E-state index is 14.9. The van der Waals surface area contributed by atoms with Crippen molar-refractivity contribution >= 4 is 44.6 Å². The zero-order valence-electron chi connectivity index (χ0n) is 27.1. The van der Waals surface area contributed by atoms with Gasteiger partial charge in [-0.15, -0.1) is 0 Å². The van der Waals surface area contributed by atoms with Crippen LogP contribution in [-0.2, 0) is 31.9 Å². The lowest BCUT2D eigenvalue weighted by Gasteiger charge is -2.53. The Bertz CT molecular complexity index is 1710. The van der Waals surface area contributed by atoms with E-state index in [9.17, 15) is 27.0 Å². The molecule has 4 rings (SSSR count). The van der Waals surface area contributed by atoms with E-state index in [2.05, 4.69) is 0 Å². The zero-order valence-corrected chi connectivity index (χ0v) is 29.4. The molecular formula is C36H41Cl2F3N2O3S. The van der Waals surface area contributed by atoms with Gasteiger partial charge in [-0.2, -0.15) is 13.2 Å². The second kappa shape index (κ2) is 14.3. The number of amides is 1. The number of piperidine rings is 1. The third kappa shape index (κ3) is 8.59. The van der Waals surface area contributed by atoms with Crippen LogP contribution < -0.4 is 0 Å². The molecule has 254 valence electrons. The van der Waals surface area contributed by atoms with Crippen LogP contribution in [0.3, 0.4) is 0 Å². The average Bonchev–Trinajstić information content (AvgIpc) is 2.97. The number of nitrogens with zero attached hydrogens (tertiary/aromatic N) is 1. The van der Waals surface area contributed by atoms with Gasteiger partial charge in [0.05, 0.1) is 22.8 Å². The lowest BCUT2D eigenvalue weighted by atomic mass is 9.66. The van der Waals surface area contributed by atoms with Gasteiger partial charge in [0.1, 0.15) is 5.78 Å². The Labute approximate surface area is 285 Å². The van der Waals surface area contributed by atoms with E-state index in [-0.39, 0.29) is 54.1 Å². The number of halogens is 5. The lowest BCUT2D eigenvalue weighted by Crippen LogP contribution is -2.59. The van der Waals surface area contributed by atoms with Gasteiger partial charge < -0.3 is 4.90 Å². The molecule has 0 saturated carbocycles. The van der Waals surface area contributed by atoms with Crippen LogP contribution in [0.2, 0.25) is 10.0 Å². The van der Waals surface area contributed by atoms with Gasteiger partial charge in [0.2, 0.25) is 5.91 Å². The third-order valence-electron chi connectivity index (χ3n) is 9.14. The van der Waals surface area contributed by atoms with Crippen LogP contribution in [0.5, 0.6) is 0 Å². The average molecular weight is 710 g/mol. The first-order valence-electron chi connectivity index (χ1n) is 15.6. The SMILES string of the molecule is CC(C)[C@@H](CS(=N)(=O)C(C)C)N1C(=O)[C@@](C)(CC(=O)Cc2cccc(C(F)(F)F)c2)C[C@H](c2cccc(Cl)c2)[C@H]1c1ccc(Cl)cc1. The van der Waals surface area contributed by atoms with Crippen LogP contribution in [0.4, 0.5) is 13.2 Å². The summed E-state index contributed by atoms with van der Waals surface area (Å²) in [5, 5.41) is 0.556. The summed E-state index contributed by atoms with van der Waals surface area (Å²) in [5.41, 5.74) is -0.265. The molecule has 3 aromatic rings. The van der Waals surface area contributed by atoms with E-state index in [4.69, 9.17) is 28.0 Å². The lowest BCUT2D eigenvalue weighted by molar-refractivity contribution is -0.157. The van der Waals surface area contributed by atoms with Crippen molar-refractivity contribution in [1.82, 2.24) is 4.90 Å². The highest BCUT2D eigenvalue weighted by atomic mass is 35.5. The van der Waals surface area contributed by atoms with E-state index in [1.54, 1.807) is 43.9 Å². The fourth-order valence-electron chi connectivity index (χ4n) is 6.53. The standard InChI is InChI=1S/C36H41Cl2F3N2O3S/c1-22(2)32(21-47(42,46)23(3)4)43-33(25-12-14-28(37)15-13-25)31(26-9-7-11-29(38)18-26)20-35(5,34(43)45)19-30(44)17-24-8-6-10-27(16-24)36(39,40)41/h6-16,18,22-23,31-33,42H,17,19-21H2,1-5H3/t31-,32-,33-,35+,47?/m1/s1. The predicted octanol–water partition coefficient (Wildman–Crippen LogP) is 9.76. The number of alkyl halides is 3. The van der Waals surface area contributed by atoms with Crippen molar-refractivity contribution in [2.75, 3.05) is 5.75 Å². The minimum Gasteiger partial charge on any atom is -0.330 e. The van der Waals surface area contributed by atoms with Crippen molar-refractivity contribution in [2.24, 2.45) is 11.3 Å². The molecule has 0 aromatic heterocycles. The predicted molar refractivity (Wildman–Crippen MR) is 182 cm³/mol. The van der Waals surface area contributed by atoms with Crippen molar-refractivity contribution in [2.45, 2.75) is 83.3 Å². The highest BCUT2D eigenvalue weighted by Crippen LogP contribution is 2.53. The van der Waals surface area contributed by atoms with Crippen LogP contribution in [-0.4, -0.2) is 37.8 Å². The molecule has 1 amide bonds. The van der Waals surface area contributed by atoms with Crippen molar-refractivity contribution in [3.63, 3.8) is 0 Å². The van der Waals surface area contributed by atoms with Gasteiger partial charge in [-0.05, 0) is 59.4 Å². The summed E-state index contributed by atoms with van der Waals surface area (Å²) in [4.78, 5) is 30.3. The number of rotatable bonds is 11. The van der Waals surface area contributed by atoms with E-state index in [1.807, 2.05) is 44.2 Å². The molecule has 0 bridgehead atoms. The molecule has 1 unspecified atom stereocenters. The van der Waals surface area contributed by atoms with Gasteiger partial charge in [0.25, 0.3) is 0 Å². The van der Waals surface area contributed by atoms with E-state index in [0.29, 0.717) is 10.0 Å². The monoisotopic (exact) mass is 708 g/mol. The Morgan fingerprint density at radius 1 is 0.979 bits per heavy atom. The zero-order chi connectivity index (χ0) is 34.9. The van der Waals surface area contributed by atoms with Gasteiger partial charge in [0, 0.05) is 49.8 Å². The first kappa shape index (κ1) is 36.9. The van der Waals surface area contributed by atoms with Crippen LogP contribution in [0.1, 0.15) is 81.7 Å². The molecular weight excluding hydrogens is 668 g/mol. The van der Waals surface area contributed by atoms with Crippen LogP contribution in [0.25, 0.3) is 0 Å². The Morgan fingerprint density at radius 3 is 2.19 bits per heavy atom. The maximum absolute atomic E-state index is 14.9. The number of ketones is 1. The Hall–Kier alpha value is -2.88. The molecule has 47 heavy (non-hydrogen) atoms. The molecule has 3 aromatic carbocycles. The van der Waals surface area contributed by atoms with Crippen LogP contribution >= 0.6 is 23.2 Å². The van der Waals surface area contributed by atoms with Crippen molar-refractivity contribution < 1.29 is 27.0 Å². The van der Waals surface area contributed by atoms with Crippen molar-refractivity contribution in [1.29, 1.82) is 4.78 Å². The number of benzene rings is 3. The first-order valence-corrected chi connectivity index (χ1v) is 18.1. The molecule has 11 heteroatoms. The Kier molecular flexibility index (Phi) is 11.2. The molecule has 1 heterocycles.